The zero-order chi connectivity index (χ0) is 21.1. The van der Waals surface area contributed by atoms with Crippen molar-refractivity contribution in [3.05, 3.63) is 58.6 Å². The summed E-state index contributed by atoms with van der Waals surface area (Å²) in [4.78, 5) is 20.7. The second-order valence-electron chi connectivity index (χ2n) is 7.46. The molecule has 7 heteroatoms. The van der Waals surface area contributed by atoms with Gasteiger partial charge < -0.3 is 9.80 Å². The van der Waals surface area contributed by atoms with Crippen LogP contribution in [0.15, 0.2) is 40.6 Å². The Morgan fingerprint density at radius 3 is 2.55 bits per heavy atom. The first-order valence-electron chi connectivity index (χ1n) is 9.76. The van der Waals surface area contributed by atoms with E-state index < -0.39 is 0 Å². The summed E-state index contributed by atoms with van der Waals surface area (Å²) in [6.07, 6.45) is 5.53. The van der Waals surface area contributed by atoms with Gasteiger partial charge in [-0.2, -0.15) is 0 Å². The van der Waals surface area contributed by atoms with Crippen LogP contribution in [0.3, 0.4) is 0 Å². The maximum atomic E-state index is 14.6. The first-order valence-corrected chi connectivity index (χ1v) is 9.76. The molecule has 1 amide bonds. The largest absolute Gasteiger partial charge is 0.352 e. The maximum Gasteiger partial charge on any atom is 0.227 e. The molecule has 6 nitrogen and oxygen atoms in total. The molecule has 1 fully saturated rings. The minimum Gasteiger partial charge on any atom is -0.352 e. The van der Waals surface area contributed by atoms with Gasteiger partial charge in [-0.15, -0.1) is 5.10 Å². The standard InChI is InChI=1S/C22H28FN5O/c1-15-12-19(22(23)18(4)17(15)3)13-21(29)27-10-8-26(9-11-27)20-7-6-16(2)28(25-20)14-24-5/h6-7,12,14H,2,8-11,13H2,1,3-5H3. The third kappa shape index (κ3) is 4.39. The number of piperazine rings is 1. The van der Waals surface area contributed by atoms with Crippen LogP contribution in [0.5, 0.6) is 0 Å². The average molecular weight is 397 g/mol. The molecule has 0 bridgehead atoms. The van der Waals surface area contributed by atoms with Crippen molar-refractivity contribution in [2.75, 3.05) is 33.2 Å². The first kappa shape index (κ1) is 20.8. The molecule has 0 atom stereocenters. The van der Waals surface area contributed by atoms with Crippen molar-refractivity contribution < 1.29 is 9.18 Å². The summed E-state index contributed by atoms with van der Waals surface area (Å²) in [7, 11) is 1.69. The van der Waals surface area contributed by atoms with E-state index in [1.807, 2.05) is 26.0 Å². The van der Waals surface area contributed by atoms with Gasteiger partial charge in [0.25, 0.3) is 0 Å². The number of nitrogens with zero attached hydrogens (tertiary/aromatic N) is 5. The van der Waals surface area contributed by atoms with Crippen LogP contribution in [0, 0.1) is 26.6 Å². The van der Waals surface area contributed by atoms with Gasteiger partial charge in [-0.1, -0.05) is 12.6 Å². The average Bonchev–Trinajstić information content (AvgIpc) is 2.72. The molecule has 154 valence electrons. The summed E-state index contributed by atoms with van der Waals surface area (Å²) in [6, 6.07) is 1.80. The molecule has 0 aromatic heterocycles. The number of amidine groups is 1. The molecule has 3 rings (SSSR count). The van der Waals surface area contributed by atoms with Gasteiger partial charge in [0.05, 0.1) is 12.1 Å². The van der Waals surface area contributed by atoms with Crippen LogP contribution in [0.1, 0.15) is 22.3 Å². The molecule has 29 heavy (non-hydrogen) atoms. The van der Waals surface area contributed by atoms with Crippen LogP contribution < -0.4 is 0 Å². The Bertz CT molecular complexity index is 910. The number of rotatable bonds is 3. The maximum absolute atomic E-state index is 14.6. The molecular formula is C22H28FN5O. The van der Waals surface area contributed by atoms with Crippen LogP contribution >= 0.6 is 0 Å². The zero-order valence-corrected chi connectivity index (χ0v) is 17.6. The predicted molar refractivity (Wildman–Crippen MR) is 114 cm³/mol. The lowest BCUT2D eigenvalue weighted by Crippen LogP contribution is -2.51. The number of amides is 1. The lowest BCUT2D eigenvalue weighted by Gasteiger charge is -2.37. The van der Waals surface area contributed by atoms with Gasteiger partial charge in [-0.05, 0) is 55.2 Å². The molecule has 2 aliphatic rings. The van der Waals surface area contributed by atoms with Gasteiger partial charge >= 0.3 is 0 Å². The highest BCUT2D eigenvalue weighted by molar-refractivity contribution is 5.95. The van der Waals surface area contributed by atoms with Gasteiger partial charge in [-0.25, -0.2) is 9.40 Å². The smallest absolute Gasteiger partial charge is 0.227 e. The number of aliphatic imine (C=N–C) groups is 1. The Morgan fingerprint density at radius 2 is 1.90 bits per heavy atom. The number of allylic oxidation sites excluding steroid dienone is 1. The molecule has 1 saturated heterocycles. The van der Waals surface area contributed by atoms with Crippen molar-refractivity contribution in [3.63, 3.8) is 0 Å². The molecule has 0 unspecified atom stereocenters. The number of halogens is 1. The van der Waals surface area contributed by atoms with Crippen LogP contribution in [0.25, 0.3) is 0 Å². The fourth-order valence-electron chi connectivity index (χ4n) is 3.56. The summed E-state index contributed by atoms with van der Waals surface area (Å²) in [5, 5.41) is 6.18. The lowest BCUT2D eigenvalue weighted by atomic mass is 9.97. The number of aryl methyl sites for hydroxylation is 1. The monoisotopic (exact) mass is 397 g/mol. The second kappa shape index (κ2) is 8.59. The molecule has 2 heterocycles. The van der Waals surface area contributed by atoms with Crippen LogP contribution in [0.2, 0.25) is 0 Å². The highest BCUT2D eigenvalue weighted by Gasteiger charge is 2.25. The Hall–Kier alpha value is -2.96. The van der Waals surface area contributed by atoms with Crippen LogP contribution in [0.4, 0.5) is 4.39 Å². The number of benzene rings is 1. The van der Waals surface area contributed by atoms with Gasteiger partial charge in [0, 0.05) is 33.2 Å². The number of hydrogen-bond acceptors (Lipinski definition) is 4. The lowest BCUT2D eigenvalue weighted by molar-refractivity contribution is -0.131. The zero-order valence-electron chi connectivity index (χ0n) is 17.6. The quantitative estimate of drug-likeness (QED) is 0.582. The van der Waals surface area contributed by atoms with Gasteiger partial charge in [0.1, 0.15) is 18.0 Å². The minimum absolute atomic E-state index is 0.0413. The Morgan fingerprint density at radius 1 is 1.21 bits per heavy atom. The molecular weight excluding hydrogens is 369 g/mol. The normalized spacial score (nSPS) is 17.3. The number of carbonyl (C=O) groups is 1. The van der Waals surface area contributed by atoms with E-state index in [-0.39, 0.29) is 18.1 Å². The molecule has 0 radical (unpaired) electrons. The van der Waals surface area contributed by atoms with Crippen LogP contribution in [-0.4, -0.2) is 66.1 Å². The number of hydrazone groups is 1. The van der Waals surface area contributed by atoms with Crippen molar-refractivity contribution in [3.8, 4) is 0 Å². The van der Waals surface area contributed by atoms with Crippen molar-refractivity contribution in [1.82, 2.24) is 14.8 Å². The third-order valence-electron chi connectivity index (χ3n) is 5.61. The Labute approximate surface area is 171 Å². The van der Waals surface area contributed by atoms with Crippen LogP contribution in [-0.2, 0) is 11.2 Å². The molecule has 0 N–H and O–H groups in total. The number of carbonyl (C=O) groups excluding carboxylic acids is 1. The molecule has 1 aromatic carbocycles. The SMILES string of the molecule is C=C1C=CC(N2CCN(C(=O)Cc3cc(C)c(C)c(C)c3F)CC2)=NN1C=NC. The first-order chi connectivity index (χ1) is 13.8. The minimum atomic E-state index is -0.264. The van der Waals surface area contributed by atoms with Gasteiger partial charge in [-0.3, -0.25) is 9.79 Å². The number of hydrogen-bond donors (Lipinski definition) is 0. The van der Waals surface area contributed by atoms with Crippen molar-refractivity contribution in [1.29, 1.82) is 0 Å². The summed E-state index contributed by atoms with van der Waals surface area (Å²) >= 11 is 0. The van der Waals surface area contributed by atoms with E-state index in [9.17, 15) is 9.18 Å². The Balaban J connectivity index is 1.63. The van der Waals surface area contributed by atoms with Crippen molar-refractivity contribution >= 4 is 18.1 Å². The molecule has 0 saturated carbocycles. The summed E-state index contributed by atoms with van der Waals surface area (Å²) in [5.74, 6) is 0.514. The topological polar surface area (TPSA) is 51.5 Å². The summed E-state index contributed by atoms with van der Waals surface area (Å²) in [6.45, 7) is 12.1. The van der Waals surface area contributed by atoms with Gasteiger partial charge in [0.15, 0.2) is 0 Å². The van der Waals surface area contributed by atoms with Crippen molar-refractivity contribution in [2.24, 2.45) is 10.1 Å². The second-order valence-corrected chi connectivity index (χ2v) is 7.46. The summed E-state index contributed by atoms with van der Waals surface area (Å²) < 4.78 is 14.6. The summed E-state index contributed by atoms with van der Waals surface area (Å²) in [5.41, 5.74) is 3.81. The molecule has 0 aliphatic carbocycles. The van der Waals surface area contributed by atoms with Gasteiger partial charge in [0.2, 0.25) is 5.91 Å². The Kier molecular flexibility index (Phi) is 6.15. The van der Waals surface area contributed by atoms with E-state index in [2.05, 4.69) is 21.6 Å². The van der Waals surface area contributed by atoms with E-state index in [1.165, 1.54) is 0 Å². The van der Waals surface area contributed by atoms with E-state index in [0.717, 1.165) is 22.7 Å². The highest BCUT2D eigenvalue weighted by atomic mass is 19.1. The van der Waals surface area contributed by atoms with E-state index >= 15 is 0 Å². The van der Waals surface area contributed by atoms with E-state index in [0.29, 0.717) is 37.3 Å². The fraction of sp³-hybridized carbons (Fsp3) is 0.409. The molecule has 1 aromatic rings. The highest BCUT2D eigenvalue weighted by Crippen LogP contribution is 2.22. The third-order valence-corrected chi connectivity index (χ3v) is 5.61. The van der Waals surface area contributed by atoms with Crippen molar-refractivity contribution in [2.45, 2.75) is 27.2 Å². The van der Waals surface area contributed by atoms with E-state index in [1.54, 1.807) is 36.3 Å². The van der Waals surface area contributed by atoms with E-state index in [4.69, 9.17) is 0 Å². The molecule has 2 aliphatic heterocycles. The molecule has 0 spiro atoms. The predicted octanol–water partition coefficient (Wildman–Crippen LogP) is 2.79. The fourth-order valence-corrected chi connectivity index (χ4v) is 3.56.